The molecule has 0 bridgehead atoms. The Morgan fingerprint density at radius 1 is 1.38 bits per heavy atom. The molecule has 1 aromatic heterocycles. The summed E-state index contributed by atoms with van der Waals surface area (Å²) < 4.78 is 39.3. The standard InChI is InChI=1S/C13H8Cl2F3N5O/c1-5(22-24)10-9(4-19)21-23(12(10)20)11-7(14)2-6(3-8(11)15)13(16,17)18/h2-3,5H,20H2,1H3. The minimum Gasteiger partial charge on any atom is -0.383 e. The first-order chi connectivity index (χ1) is 11.1. The smallest absolute Gasteiger partial charge is 0.383 e. The molecule has 0 aliphatic carbocycles. The normalized spacial score (nSPS) is 12.7. The highest BCUT2D eigenvalue weighted by atomic mass is 35.5. The summed E-state index contributed by atoms with van der Waals surface area (Å²) in [5.74, 6) is -0.165. The van der Waals surface area contributed by atoms with Crippen molar-refractivity contribution in [2.75, 3.05) is 5.73 Å². The summed E-state index contributed by atoms with van der Waals surface area (Å²) in [6.07, 6.45) is -4.64. The van der Waals surface area contributed by atoms with Crippen molar-refractivity contribution < 1.29 is 13.2 Å². The fourth-order valence-corrected chi connectivity index (χ4v) is 2.74. The molecule has 0 saturated carbocycles. The molecule has 1 aromatic carbocycles. The molecule has 24 heavy (non-hydrogen) atoms. The second kappa shape index (κ2) is 6.30. The largest absolute Gasteiger partial charge is 0.416 e. The summed E-state index contributed by atoms with van der Waals surface area (Å²) in [4.78, 5) is 10.7. The maximum atomic E-state index is 12.8. The monoisotopic (exact) mass is 377 g/mol. The van der Waals surface area contributed by atoms with Crippen LogP contribution in [0.1, 0.15) is 29.8 Å². The molecule has 0 radical (unpaired) electrons. The van der Waals surface area contributed by atoms with Crippen molar-refractivity contribution in [2.24, 2.45) is 5.18 Å². The second-order valence-electron chi connectivity index (χ2n) is 4.74. The van der Waals surface area contributed by atoms with Crippen LogP contribution in [0.5, 0.6) is 0 Å². The Morgan fingerprint density at radius 3 is 2.33 bits per heavy atom. The third-order valence-electron chi connectivity index (χ3n) is 3.20. The van der Waals surface area contributed by atoms with Gasteiger partial charge in [0.1, 0.15) is 23.6 Å². The number of halogens is 5. The number of nitriles is 1. The molecular weight excluding hydrogens is 370 g/mol. The highest BCUT2D eigenvalue weighted by Crippen LogP contribution is 2.39. The number of nitrogen functional groups attached to an aromatic ring is 1. The van der Waals surface area contributed by atoms with Crippen molar-refractivity contribution in [1.29, 1.82) is 5.26 Å². The first kappa shape index (κ1) is 18.0. The lowest BCUT2D eigenvalue weighted by molar-refractivity contribution is -0.137. The molecule has 0 spiro atoms. The first-order valence-corrected chi connectivity index (χ1v) is 7.05. The Kier molecular flexibility index (Phi) is 4.73. The Labute approximate surface area is 143 Å². The zero-order valence-electron chi connectivity index (χ0n) is 11.9. The van der Waals surface area contributed by atoms with Crippen LogP contribution < -0.4 is 5.73 Å². The van der Waals surface area contributed by atoms with Crippen LogP contribution >= 0.6 is 23.2 Å². The number of hydrogen-bond donors (Lipinski definition) is 1. The Balaban J connectivity index is 2.73. The van der Waals surface area contributed by atoms with Crippen molar-refractivity contribution in [3.8, 4) is 11.8 Å². The van der Waals surface area contributed by atoms with E-state index in [0.29, 0.717) is 12.1 Å². The maximum absolute atomic E-state index is 12.8. The molecule has 6 nitrogen and oxygen atoms in total. The van der Waals surface area contributed by atoms with E-state index in [0.717, 1.165) is 4.68 Å². The van der Waals surface area contributed by atoms with Gasteiger partial charge in [0.2, 0.25) is 0 Å². The van der Waals surface area contributed by atoms with E-state index in [1.54, 1.807) is 6.07 Å². The van der Waals surface area contributed by atoms with Gasteiger partial charge in [0.25, 0.3) is 0 Å². The molecule has 1 atom stereocenters. The van der Waals surface area contributed by atoms with Crippen LogP contribution in [0.25, 0.3) is 5.69 Å². The first-order valence-electron chi connectivity index (χ1n) is 6.29. The summed E-state index contributed by atoms with van der Waals surface area (Å²) in [5, 5.41) is 15.0. The molecule has 2 rings (SSSR count). The minimum atomic E-state index is -4.64. The highest BCUT2D eigenvalue weighted by Gasteiger charge is 2.33. The molecule has 11 heteroatoms. The summed E-state index contributed by atoms with van der Waals surface area (Å²) in [6.45, 7) is 1.39. The van der Waals surface area contributed by atoms with Crippen molar-refractivity contribution in [1.82, 2.24) is 9.78 Å². The molecule has 1 unspecified atom stereocenters. The van der Waals surface area contributed by atoms with E-state index in [-0.39, 0.29) is 32.8 Å². The molecule has 2 aromatic rings. The molecule has 0 saturated heterocycles. The molecule has 0 fully saturated rings. The highest BCUT2D eigenvalue weighted by molar-refractivity contribution is 6.38. The van der Waals surface area contributed by atoms with E-state index in [1.165, 1.54) is 6.92 Å². The van der Waals surface area contributed by atoms with Crippen molar-refractivity contribution in [2.45, 2.75) is 19.1 Å². The maximum Gasteiger partial charge on any atom is 0.416 e. The van der Waals surface area contributed by atoms with Gasteiger partial charge in [-0.25, -0.2) is 4.68 Å². The van der Waals surface area contributed by atoms with Crippen molar-refractivity contribution in [3.63, 3.8) is 0 Å². The summed E-state index contributed by atoms with van der Waals surface area (Å²) in [5.41, 5.74) is 4.52. The number of anilines is 1. The van der Waals surface area contributed by atoms with Crippen LogP contribution in [0.4, 0.5) is 19.0 Å². The van der Waals surface area contributed by atoms with Gasteiger partial charge in [0.05, 0.1) is 21.2 Å². The van der Waals surface area contributed by atoms with E-state index in [2.05, 4.69) is 10.3 Å². The van der Waals surface area contributed by atoms with Crippen molar-refractivity contribution >= 4 is 29.0 Å². The Hall–Kier alpha value is -2.31. The molecule has 0 amide bonds. The second-order valence-corrected chi connectivity index (χ2v) is 5.55. The number of nitrogens with zero attached hydrogens (tertiary/aromatic N) is 4. The molecule has 2 N–H and O–H groups in total. The lowest BCUT2D eigenvalue weighted by atomic mass is 10.1. The third kappa shape index (κ3) is 3.02. The summed E-state index contributed by atoms with van der Waals surface area (Å²) in [7, 11) is 0. The average Bonchev–Trinajstić information content (AvgIpc) is 2.81. The zero-order chi connectivity index (χ0) is 18.2. The zero-order valence-corrected chi connectivity index (χ0v) is 13.4. The molecule has 126 valence electrons. The number of alkyl halides is 3. The van der Waals surface area contributed by atoms with E-state index >= 15 is 0 Å². The summed E-state index contributed by atoms with van der Waals surface area (Å²) >= 11 is 11.8. The SMILES string of the molecule is CC(N=O)c1c(C#N)nn(-c2c(Cl)cc(C(F)(F)F)cc2Cl)c1N. The quantitative estimate of drug-likeness (QED) is 0.797. The van der Waals surface area contributed by atoms with Crippen molar-refractivity contribution in [3.05, 3.63) is 43.9 Å². The average molecular weight is 378 g/mol. The predicted molar refractivity (Wildman–Crippen MR) is 81.9 cm³/mol. The topological polar surface area (TPSA) is 97.1 Å². The molecule has 1 heterocycles. The fourth-order valence-electron chi connectivity index (χ4n) is 2.09. The van der Waals surface area contributed by atoms with Gasteiger partial charge >= 0.3 is 6.18 Å². The number of hydrogen-bond acceptors (Lipinski definition) is 5. The van der Waals surface area contributed by atoms with Crippen LogP contribution in [0.2, 0.25) is 10.0 Å². The number of benzene rings is 1. The van der Waals surface area contributed by atoms with Gasteiger partial charge in [-0.15, -0.1) is 0 Å². The Bertz CT molecular complexity index is 834. The molecule has 0 aliphatic heterocycles. The number of nitrogens with two attached hydrogens (primary N) is 1. The fraction of sp³-hybridized carbons (Fsp3) is 0.231. The van der Waals surface area contributed by atoms with E-state index in [1.807, 2.05) is 0 Å². The third-order valence-corrected chi connectivity index (χ3v) is 3.77. The van der Waals surface area contributed by atoms with Crippen LogP contribution in [0, 0.1) is 16.2 Å². The van der Waals surface area contributed by atoms with Gasteiger partial charge in [-0.05, 0) is 19.1 Å². The van der Waals surface area contributed by atoms with E-state index in [9.17, 15) is 18.1 Å². The van der Waals surface area contributed by atoms with Gasteiger partial charge < -0.3 is 5.73 Å². The van der Waals surface area contributed by atoms with Gasteiger partial charge in [-0.2, -0.15) is 28.4 Å². The number of nitroso groups, excluding NO2 is 1. The number of aromatic nitrogens is 2. The lowest BCUT2D eigenvalue weighted by Crippen LogP contribution is -2.09. The lowest BCUT2D eigenvalue weighted by Gasteiger charge is -2.13. The van der Waals surface area contributed by atoms with Gasteiger partial charge in [0, 0.05) is 0 Å². The van der Waals surface area contributed by atoms with Gasteiger partial charge in [-0.3, -0.25) is 0 Å². The van der Waals surface area contributed by atoms with E-state index < -0.39 is 17.8 Å². The molecule has 0 aliphatic rings. The van der Waals surface area contributed by atoms with Crippen LogP contribution in [-0.4, -0.2) is 9.78 Å². The summed E-state index contributed by atoms with van der Waals surface area (Å²) in [6, 6.07) is 2.08. The van der Waals surface area contributed by atoms with Crippen LogP contribution in [0.15, 0.2) is 17.3 Å². The predicted octanol–water partition coefficient (Wildman–Crippen LogP) is 4.48. The number of rotatable bonds is 3. The van der Waals surface area contributed by atoms with E-state index in [4.69, 9.17) is 34.2 Å². The van der Waals surface area contributed by atoms with Gasteiger partial charge in [0.15, 0.2) is 5.69 Å². The van der Waals surface area contributed by atoms with Crippen LogP contribution in [0.3, 0.4) is 0 Å². The van der Waals surface area contributed by atoms with Gasteiger partial charge in [-0.1, -0.05) is 28.4 Å². The molecular formula is C13H8Cl2F3N5O. The Morgan fingerprint density at radius 2 is 1.92 bits per heavy atom. The minimum absolute atomic E-state index is 0.0412. The van der Waals surface area contributed by atoms with Crippen LogP contribution in [-0.2, 0) is 6.18 Å².